The minimum atomic E-state index is -0.256. The molecular weight excluding hydrogens is 529 g/mol. The van der Waals surface area contributed by atoms with Gasteiger partial charge >= 0.3 is 0 Å². The van der Waals surface area contributed by atoms with Gasteiger partial charge in [-0.05, 0) is 75.0 Å². The molecular formula is C32H36FN9. The number of piperazine rings is 1. The average molecular weight is 566 g/mol. The third-order valence-electron chi connectivity index (χ3n) is 9.17. The summed E-state index contributed by atoms with van der Waals surface area (Å²) < 4.78 is 16.2. The summed E-state index contributed by atoms with van der Waals surface area (Å²) >= 11 is 0. The topological polar surface area (TPSA) is 101 Å². The number of halogens is 1. The predicted molar refractivity (Wildman–Crippen MR) is 165 cm³/mol. The molecule has 42 heavy (non-hydrogen) atoms. The third-order valence-corrected chi connectivity index (χ3v) is 9.17. The van der Waals surface area contributed by atoms with Gasteiger partial charge in [0.15, 0.2) is 0 Å². The van der Waals surface area contributed by atoms with E-state index >= 15 is 0 Å². The number of likely N-dealkylation sites (N-methyl/N-ethyl adjacent to an activating group) is 1. The lowest BCUT2D eigenvalue weighted by Crippen LogP contribution is -2.49. The van der Waals surface area contributed by atoms with Gasteiger partial charge in [-0.25, -0.2) is 24.3 Å². The largest absolute Gasteiger partial charge is 0.383 e. The number of benzene rings is 2. The van der Waals surface area contributed by atoms with Gasteiger partial charge in [-0.2, -0.15) is 0 Å². The van der Waals surface area contributed by atoms with Crippen LogP contribution in [0.5, 0.6) is 0 Å². The molecule has 3 aromatic heterocycles. The molecule has 2 aromatic carbocycles. The monoisotopic (exact) mass is 565 g/mol. The van der Waals surface area contributed by atoms with Crippen molar-refractivity contribution >= 4 is 39.4 Å². The van der Waals surface area contributed by atoms with E-state index < -0.39 is 0 Å². The van der Waals surface area contributed by atoms with Crippen molar-refractivity contribution in [1.29, 1.82) is 0 Å². The lowest BCUT2D eigenvalue weighted by atomic mass is 9.89. The highest BCUT2D eigenvalue weighted by molar-refractivity contribution is 6.00. The van der Waals surface area contributed by atoms with Crippen LogP contribution in [-0.2, 0) is 0 Å². The highest BCUT2D eigenvalue weighted by Crippen LogP contribution is 2.39. The summed E-state index contributed by atoms with van der Waals surface area (Å²) in [6, 6.07) is 12.3. The molecule has 2 fully saturated rings. The van der Waals surface area contributed by atoms with Gasteiger partial charge in [-0.15, -0.1) is 0 Å². The average Bonchev–Trinajstić information content (AvgIpc) is 3.41. The van der Waals surface area contributed by atoms with Gasteiger partial charge in [0.05, 0.1) is 10.9 Å². The molecule has 4 heterocycles. The number of nitrogens with two attached hydrogens (primary N) is 1. The van der Waals surface area contributed by atoms with Crippen LogP contribution in [0.25, 0.3) is 33.1 Å². The maximum Gasteiger partial charge on any atom is 0.227 e. The van der Waals surface area contributed by atoms with E-state index in [0.29, 0.717) is 40.3 Å². The molecule has 1 aliphatic heterocycles. The van der Waals surface area contributed by atoms with Gasteiger partial charge in [-0.1, -0.05) is 12.1 Å². The zero-order chi connectivity index (χ0) is 28.8. The number of hydrogen-bond donors (Lipinski definition) is 2. The standard InChI is InChI=1S/C32H36FN9/c1-20-25-17-35-32(39-28(25)12-11-27(20)33)38-22-5-3-21(4-6-22)26-18-42(31-29(26)30(34)36-19-37-31)24-9-7-23(8-10-24)41-15-13-40(2)14-16-41/h3-6,11-12,17-19,23-24H,7-10,13-16H2,1-2H3,(H2,34,36,37)(H,35,38,39). The molecule has 10 heteroatoms. The Morgan fingerprint density at radius 3 is 2.40 bits per heavy atom. The van der Waals surface area contributed by atoms with Crippen molar-refractivity contribution in [2.24, 2.45) is 0 Å². The Balaban J connectivity index is 1.12. The van der Waals surface area contributed by atoms with E-state index in [1.807, 2.05) is 12.1 Å². The van der Waals surface area contributed by atoms with Gasteiger partial charge in [0, 0.05) is 67.3 Å². The Kier molecular flexibility index (Phi) is 6.95. The molecule has 2 aliphatic rings. The number of nitrogen functional groups attached to an aromatic ring is 1. The van der Waals surface area contributed by atoms with E-state index in [4.69, 9.17) is 10.7 Å². The SMILES string of the molecule is Cc1c(F)ccc2nc(Nc3ccc(-c4cn(C5CCC(N6CCN(C)CC6)CC5)c5ncnc(N)c45)cc3)ncc12. The van der Waals surface area contributed by atoms with Crippen LogP contribution >= 0.6 is 0 Å². The molecule has 7 rings (SSSR count). The molecule has 0 spiro atoms. The van der Waals surface area contributed by atoms with E-state index in [-0.39, 0.29) is 5.82 Å². The number of aromatic nitrogens is 5. The Bertz CT molecular complexity index is 1730. The second-order valence-electron chi connectivity index (χ2n) is 11.7. The minimum Gasteiger partial charge on any atom is -0.383 e. The number of fused-ring (bicyclic) bond motifs is 2. The van der Waals surface area contributed by atoms with Crippen molar-refractivity contribution in [2.45, 2.75) is 44.7 Å². The summed E-state index contributed by atoms with van der Waals surface area (Å²) in [5.74, 6) is 0.703. The zero-order valence-electron chi connectivity index (χ0n) is 24.1. The van der Waals surface area contributed by atoms with Crippen LogP contribution in [0, 0.1) is 12.7 Å². The van der Waals surface area contributed by atoms with Crippen LogP contribution in [-0.4, -0.2) is 73.6 Å². The number of anilines is 3. The number of nitrogens with one attached hydrogen (secondary N) is 1. The quantitative estimate of drug-likeness (QED) is 0.286. The van der Waals surface area contributed by atoms with Crippen molar-refractivity contribution < 1.29 is 4.39 Å². The molecule has 0 bridgehead atoms. The number of rotatable bonds is 5. The molecule has 5 aromatic rings. The van der Waals surface area contributed by atoms with E-state index in [2.05, 4.69) is 60.0 Å². The minimum absolute atomic E-state index is 0.256. The Morgan fingerprint density at radius 2 is 1.64 bits per heavy atom. The first-order chi connectivity index (χ1) is 20.4. The second-order valence-corrected chi connectivity index (χ2v) is 11.7. The van der Waals surface area contributed by atoms with Gasteiger partial charge < -0.3 is 20.5 Å². The van der Waals surface area contributed by atoms with Crippen LogP contribution in [0.3, 0.4) is 0 Å². The molecule has 1 saturated heterocycles. The molecule has 1 aliphatic carbocycles. The maximum atomic E-state index is 13.9. The molecule has 0 amide bonds. The second kappa shape index (κ2) is 10.9. The summed E-state index contributed by atoms with van der Waals surface area (Å²) in [7, 11) is 2.21. The van der Waals surface area contributed by atoms with Crippen molar-refractivity contribution in [3.05, 3.63) is 66.5 Å². The summed E-state index contributed by atoms with van der Waals surface area (Å²) in [5, 5.41) is 4.88. The molecule has 0 unspecified atom stereocenters. The van der Waals surface area contributed by atoms with Crippen molar-refractivity contribution in [3.63, 3.8) is 0 Å². The van der Waals surface area contributed by atoms with Gasteiger partial charge in [0.2, 0.25) is 5.95 Å². The lowest BCUT2D eigenvalue weighted by molar-refractivity contribution is 0.0828. The zero-order valence-corrected chi connectivity index (χ0v) is 24.1. The third kappa shape index (κ3) is 4.94. The fourth-order valence-electron chi connectivity index (χ4n) is 6.63. The fourth-order valence-corrected chi connectivity index (χ4v) is 6.63. The van der Waals surface area contributed by atoms with Gasteiger partial charge in [-0.3, -0.25) is 4.90 Å². The van der Waals surface area contributed by atoms with Crippen LogP contribution in [0.4, 0.5) is 21.8 Å². The molecule has 0 radical (unpaired) electrons. The van der Waals surface area contributed by atoms with E-state index in [9.17, 15) is 4.39 Å². The first-order valence-electron chi connectivity index (χ1n) is 14.8. The molecule has 1 saturated carbocycles. The van der Waals surface area contributed by atoms with E-state index in [1.54, 1.807) is 25.5 Å². The van der Waals surface area contributed by atoms with Crippen LogP contribution in [0.15, 0.2) is 55.1 Å². The molecule has 216 valence electrons. The maximum absolute atomic E-state index is 13.9. The molecule has 3 N–H and O–H groups in total. The lowest BCUT2D eigenvalue weighted by Gasteiger charge is -2.41. The fraction of sp³-hybridized carbons (Fsp3) is 0.375. The Hall–Kier alpha value is -4.15. The summed E-state index contributed by atoms with van der Waals surface area (Å²) in [6.45, 7) is 6.40. The summed E-state index contributed by atoms with van der Waals surface area (Å²) in [4.78, 5) is 23.1. The van der Waals surface area contributed by atoms with Crippen LogP contribution in [0.2, 0.25) is 0 Å². The number of nitrogens with zero attached hydrogens (tertiary/aromatic N) is 7. The van der Waals surface area contributed by atoms with E-state index in [0.717, 1.165) is 53.8 Å². The summed E-state index contributed by atoms with van der Waals surface area (Å²) in [5.41, 5.74) is 11.5. The smallest absolute Gasteiger partial charge is 0.227 e. The van der Waals surface area contributed by atoms with Gasteiger partial charge in [0.25, 0.3) is 0 Å². The highest BCUT2D eigenvalue weighted by Gasteiger charge is 2.30. The van der Waals surface area contributed by atoms with Crippen molar-refractivity contribution in [1.82, 2.24) is 34.3 Å². The summed E-state index contributed by atoms with van der Waals surface area (Å²) in [6.07, 6.45) is 10.1. The molecule has 0 atom stereocenters. The highest BCUT2D eigenvalue weighted by atomic mass is 19.1. The van der Waals surface area contributed by atoms with Crippen LogP contribution in [0.1, 0.15) is 37.3 Å². The van der Waals surface area contributed by atoms with E-state index in [1.165, 1.54) is 32.0 Å². The Labute approximate surface area is 244 Å². The van der Waals surface area contributed by atoms with Crippen LogP contribution < -0.4 is 11.1 Å². The van der Waals surface area contributed by atoms with Gasteiger partial charge in [0.1, 0.15) is 23.6 Å². The van der Waals surface area contributed by atoms with Crippen molar-refractivity contribution in [2.75, 3.05) is 44.3 Å². The number of hydrogen-bond acceptors (Lipinski definition) is 8. The Morgan fingerprint density at radius 1 is 0.905 bits per heavy atom. The van der Waals surface area contributed by atoms with Crippen molar-refractivity contribution in [3.8, 4) is 11.1 Å². The first kappa shape index (κ1) is 26.7. The predicted octanol–water partition coefficient (Wildman–Crippen LogP) is 5.55. The normalized spacial score (nSPS) is 20.4. The first-order valence-corrected chi connectivity index (χ1v) is 14.8. The number of aryl methyl sites for hydroxylation is 1. The molecule has 9 nitrogen and oxygen atoms in total.